The van der Waals surface area contributed by atoms with E-state index in [1.54, 1.807) is 7.11 Å². The van der Waals surface area contributed by atoms with Crippen molar-refractivity contribution in [1.82, 2.24) is 9.78 Å². The van der Waals surface area contributed by atoms with Gasteiger partial charge >= 0.3 is 0 Å². The van der Waals surface area contributed by atoms with Crippen LogP contribution in [0, 0.1) is 13.8 Å². The number of methoxy groups -OCH3 is 1. The van der Waals surface area contributed by atoms with E-state index in [2.05, 4.69) is 10.4 Å². The van der Waals surface area contributed by atoms with Crippen molar-refractivity contribution in [2.75, 3.05) is 30.5 Å². The Hall–Kier alpha value is -2.93. The van der Waals surface area contributed by atoms with Gasteiger partial charge < -0.3 is 14.8 Å². The molecule has 7 heteroatoms. The number of aryl methyl sites for hydroxylation is 1. The Labute approximate surface area is 175 Å². The molecule has 0 bridgehead atoms. The van der Waals surface area contributed by atoms with E-state index in [4.69, 9.17) is 9.47 Å². The standard InChI is InChI=1S/C22H25N3O3S/c1-16-22(17(2)25(24-16)18-7-5-4-6-8-18)23-21(26)15-29-14-13-28-20-11-9-19(27-3)10-12-20/h4-12H,13-15H2,1-3H3,(H,23,26). The molecule has 6 nitrogen and oxygen atoms in total. The molecule has 0 aliphatic rings. The summed E-state index contributed by atoms with van der Waals surface area (Å²) >= 11 is 1.53. The van der Waals surface area contributed by atoms with E-state index in [0.717, 1.165) is 40.0 Å². The van der Waals surface area contributed by atoms with E-state index in [9.17, 15) is 4.79 Å². The molecule has 0 aliphatic carbocycles. The lowest BCUT2D eigenvalue weighted by Crippen LogP contribution is -2.16. The fraction of sp³-hybridized carbons (Fsp3) is 0.273. The van der Waals surface area contributed by atoms with E-state index in [1.807, 2.05) is 73.1 Å². The van der Waals surface area contributed by atoms with E-state index in [0.29, 0.717) is 12.4 Å². The van der Waals surface area contributed by atoms with Gasteiger partial charge in [0, 0.05) is 5.75 Å². The third-order valence-corrected chi connectivity index (χ3v) is 5.27. The van der Waals surface area contributed by atoms with E-state index in [-0.39, 0.29) is 5.91 Å². The first-order valence-corrected chi connectivity index (χ1v) is 10.5. The molecule has 3 rings (SSSR count). The number of nitrogens with zero attached hydrogens (tertiary/aromatic N) is 2. The van der Waals surface area contributed by atoms with Gasteiger partial charge in [0.05, 0.1) is 42.2 Å². The number of aromatic nitrogens is 2. The third kappa shape index (κ3) is 5.54. The van der Waals surface area contributed by atoms with Crippen molar-refractivity contribution < 1.29 is 14.3 Å². The average Bonchev–Trinajstić information content (AvgIpc) is 3.03. The summed E-state index contributed by atoms with van der Waals surface area (Å²) in [5, 5.41) is 7.55. The zero-order valence-electron chi connectivity index (χ0n) is 16.8. The summed E-state index contributed by atoms with van der Waals surface area (Å²) in [5.41, 5.74) is 3.45. The second-order valence-electron chi connectivity index (χ2n) is 6.42. The first kappa shape index (κ1) is 20.8. The molecule has 0 radical (unpaired) electrons. The Morgan fingerprint density at radius 3 is 2.45 bits per heavy atom. The molecule has 1 aromatic heterocycles. The first-order valence-electron chi connectivity index (χ1n) is 9.34. The molecule has 0 saturated heterocycles. The molecule has 1 N–H and O–H groups in total. The monoisotopic (exact) mass is 411 g/mol. The van der Waals surface area contributed by atoms with Crippen molar-refractivity contribution >= 4 is 23.4 Å². The van der Waals surface area contributed by atoms with E-state index < -0.39 is 0 Å². The molecule has 1 amide bonds. The van der Waals surface area contributed by atoms with E-state index in [1.165, 1.54) is 11.8 Å². The normalized spacial score (nSPS) is 10.6. The minimum Gasteiger partial charge on any atom is -0.497 e. The third-order valence-electron chi connectivity index (χ3n) is 4.35. The minimum absolute atomic E-state index is 0.0433. The molecule has 0 unspecified atom stereocenters. The summed E-state index contributed by atoms with van der Waals surface area (Å²) < 4.78 is 12.6. The maximum absolute atomic E-state index is 12.3. The number of thioether (sulfide) groups is 1. The van der Waals surface area contributed by atoms with Crippen molar-refractivity contribution in [1.29, 1.82) is 0 Å². The number of ether oxygens (including phenoxy) is 2. The van der Waals surface area contributed by atoms with Crippen LogP contribution in [0.1, 0.15) is 11.4 Å². The number of amides is 1. The molecule has 3 aromatic rings. The molecule has 0 fully saturated rings. The zero-order chi connectivity index (χ0) is 20.6. The van der Waals surface area contributed by atoms with Crippen LogP contribution in [0.5, 0.6) is 11.5 Å². The maximum atomic E-state index is 12.3. The van der Waals surface area contributed by atoms with E-state index >= 15 is 0 Å². The Kier molecular flexibility index (Phi) is 7.19. The van der Waals surface area contributed by atoms with Crippen LogP contribution in [-0.4, -0.2) is 40.9 Å². The Morgan fingerprint density at radius 2 is 1.76 bits per heavy atom. The maximum Gasteiger partial charge on any atom is 0.234 e. The van der Waals surface area contributed by atoms with Crippen molar-refractivity contribution in [3.63, 3.8) is 0 Å². The molecule has 0 spiro atoms. The number of anilines is 1. The smallest absolute Gasteiger partial charge is 0.234 e. The van der Waals surface area contributed by atoms with Crippen LogP contribution in [0.2, 0.25) is 0 Å². The summed E-state index contributed by atoms with van der Waals surface area (Å²) in [5.74, 6) is 2.63. The number of benzene rings is 2. The highest BCUT2D eigenvalue weighted by molar-refractivity contribution is 7.99. The molecule has 2 aromatic carbocycles. The van der Waals surface area contributed by atoms with Crippen molar-refractivity contribution in [2.24, 2.45) is 0 Å². The molecule has 0 atom stereocenters. The van der Waals surface area contributed by atoms with Crippen LogP contribution in [0.4, 0.5) is 5.69 Å². The number of hydrogen-bond donors (Lipinski definition) is 1. The highest BCUT2D eigenvalue weighted by atomic mass is 32.2. The second-order valence-corrected chi connectivity index (χ2v) is 7.52. The quantitative estimate of drug-likeness (QED) is 0.533. The second kappa shape index (κ2) is 10.0. The van der Waals surface area contributed by atoms with Crippen molar-refractivity contribution in [2.45, 2.75) is 13.8 Å². The molecule has 152 valence electrons. The fourth-order valence-corrected chi connectivity index (χ4v) is 3.48. The zero-order valence-corrected chi connectivity index (χ0v) is 17.7. The van der Waals surface area contributed by atoms with Gasteiger partial charge in [0.25, 0.3) is 0 Å². The van der Waals surface area contributed by atoms with Crippen molar-refractivity contribution in [3.8, 4) is 17.2 Å². The number of carbonyl (C=O) groups is 1. The number of hydrogen-bond acceptors (Lipinski definition) is 5. The van der Waals surface area contributed by atoms with Crippen LogP contribution in [0.3, 0.4) is 0 Å². The SMILES string of the molecule is COc1ccc(OCCSCC(=O)Nc2c(C)nn(-c3ccccc3)c2C)cc1. The van der Waals surface area contributed by atoms with Crippen molar-refractivity contribution in [3.05, 3.63) is 66.0 Å². The highest BCUT2D eigenvalue weighted by Crippen LogP contribution is 2.23. The van der Waals surface area contributed by atoms with Gasteiger partial charge in [0.15, 0.2) is 0 Å². The van der Waals surface area contributed by atoms with Gasteiger partial charge in [0.2, 0.25) is 5.91 Å². The van der Waals surface area contributed by atoms with Gasteiger partial charge in [-0.3, -0.25) is 4.79 Å². The topological polar surface area (TPSA) is 65.4 Å². The van der Waals surface area contributed by atoms with Crippen LogP contribution in [0.25, 0.3) is 5.69 Å². The number of nitrogens with one attached hydrogen (secondary N) is 1. The lowest BCUT2D eigenvalue weighted by Gasteiger charge is -2.08. The molecule has 1 heterocycles. The van der Waals surface area contributed by atoms with Gasteiger partial charge in [-0.25, -0.2) is 4.68 Å². The summed E-state index contributed by atoms with van der Waals surface area (Å²) in [6.07, 6.45) is 0. The van der Waals surface area contributed by atoms with Crippen LogP contribution >= 0.6 is 11.8 Å². The Balaban J connectivity index is 1.45. The molecular formula is C22H25N3O3S. The van der Waals surface area contributed by atoms with Crippen LogP contribution < -0.4 is 14.8 Å². The lowest BCUT2D eigenvalue weighted by molar-refractivity contribution is -0.113. The molecule has 0 saturated carbocycles. The minimum atomic E-state index is -0.0433. The molecular weight excluding hydrogens is 386 g/mol. The fourth-order valence-electron chi connectivity index (χ4n) is 2.87. The van der Waals surface area contributed by atoms with Gasteiger partial charge in [-0.2, -0.15) is 5.10 Å². The first-order chi connectivity index (χ1) is 14.1. The number of carbonyl (C=O) groups excluding carboxylic acids is 1. The largest absolute Gasteiger partial charge is 0.497 e. The van der Waals surface area contributed by atoms with Gasteiger partial charge in [0.1, 0.15) is 11.5 Å². The predicted molar refractivity (Wildman–Crippen MR) is 117 cm³/mol. The molecule has 29 heavy (non-hydrogen) atoms. The average molecular weight is 412 g/mol. The lowest BCUT2D eigenvalue weighted by atomic mass is 10.3. The summed E-state index contributed by atoms with van der Waals surface area (Å²) in [7, 11) is 1.63. The predicted octanol–water partition coefficient (Wildman–Crippen LogP) is 4.25. The summed E-state index contributed by atoms with van der Waals surface area (Å²) in [6, 6.07) is 17.3. The van der Waals surface area contributed by atoms with Gasteiger partial charge in [-0.05, 0) is 50.2 Å². The Bertz CT molecular complexity index is 940. The van der Waals surface area contributed by atoms with Gasteiger partial charge in [-0.1, -0.05) is 18.2 Å². The Morgan fingerprint density at radius 1 is 1.07 bits per heavy atom. The number of para-hydroxylation sites is 1. The highest BCUT2D eigenvalue weighted by Gasteiger charge is 2.15. The van der Waals surface area contributed by atoms with Gasteiger partial charge in [-0.15, -0.1) is 11.8 Å². The van der Waals surface area contributed by atoms with Crippen LogP contribution in [-0.2, 0) is 4.79 Å². The summed E-state index contributed by atoms with van der Waals surface area (Å²) in [6.45, 7) is 4.39. The molecule has 0 aliphatic heterocycles. The summed E-state index contributed by atoms with van der Waals surface area (Å²) in [4.78, 5) is 12.3. The number of rotatable bonds is 9. The van der Waals surface area contributed by atoms with Crippen LogP contribution in [0.15, 0.2) is 54.6 Å².